The molecule has 0 heterocycles. The van der Waals surface area contributed by atoms with Gasteiger partial charge < -0.3 is 14.2 Å². The summed E-state index contributed by atoms with van der Waals surface area (Å²) in [6.07, 6.45) is 3.81. The number of hydrogen-bond donors (Lipinski definition) is 0. The number of carbonyl (C=O) groups is 1. The second kappa shape index (κ2) is 7.37. The van der Waals surface area contributed by atoms with E-state index in [1.807, 2.05) is 24.3 Å². The highest BCUT2D eigenvalue weighted by Crippen LogP contribution is 2.31. The lowest BCUT2D eigenvalue weighted by Gasteiger charge is -2.09. The molecule has 0 saturated carbocycles. The van der Waals surface area contributed by atoms with Gasteiger partial charge in [0.15, 0.2) is 11.5 Å². The minimum Gasteiger partial charge on any atom is -0.493 e. The molecule has 0 aromatic heterocycles. The van der Waals surface area contributed by atoms with E-state index in [0.29, 0.717) is 18.1 Å². The second-order valence-electron chi connectivity index (χ2n) is 3.49. The number of rotatable bonds is 6. The summed E-state index contributed by atoms with van der Waals surface area (Å²) in [5.41, 5.74) is 0.862. The van der Waals surface area contributed by atoms with Crippen LogP contribution in [0.5, 0.6) is 11.5 Å². The molecule has 0 spiro atoms. The van der Waals surface area contributed by atoms with Gasteiger partial charge in [-0.15, -0.1) is 0 Å². The van der Waals surface area contributed by atoms with Gasteiger partial charge in [-0.25, -0.2) is 0 Å². The first kappa shape index (κ1) is 14.1. The maximum absolute atomic E-state index is 11.2. The molecule has 0 aliphatic rings. The third kappa shape index (κ3) is 3.80. The van der Waals surface area contributed by atoms with E-state index in [0.717, 1.165) is 5.56 Å². The van der Waals surface area contributed by atoms with E-state index in [9.17, 15) is 4.79 Å². The third-order valence-corrected chi connectivity index (χ3v) is 2.32. The van der Waals surface area contributed by atoms with Crippen LogP contribution in [-0.2, 0) is 9.53 Å². The van der Waals surface area contributed by atoms with Crippen molar-refractivity contribution in [3.63, 3.8) is 0 Å². The van der Waals surface area contributed by atoms with Crippen LogP contribution in [0.2, 0.25) is 0 Å². The zero-order chi connectivity index (χ0) is 13.4. The first-order chi connectivity index (χ1) is 8.72. The first-order valence-corrected chi connectivity index (χ1v) is 5.76. The average molecular weight is 250 g/mol. The van der Waals surface area contributed by atoms with Crippen LogP contribution in [0.3, 0.4) is 0 Å². The van der Waals surface area contributed by atoms with Gasteiger partial charge in [0.2, 0.25) is 0 Å². The van der Waals surface area contributed by atoms with Gasteiger partial charge in [0.1, 0.15) is 0 Å². The van der Waals surface area contributed by atoms with Crippen LogP contribution < -0.4 is 9.47 Å². The summed E-state index contributed by atoms with van der Waals surface area (Å²) < 4.78 is 15.3. The Labute approximate surface area is 107 Å². The van der Waals surface area contributed by atoms with E-state index < -0.39 is 0 Å². The van der Waals surface area contributed by atoms with Gasteiger partial charge in [-0.05, 0) is 13.0 Å². The quantitative estimate of drug-likeness (QED) is 0.728. The Kier molecular flexibility index (Phi) is 5.77. The van der Waals surface area contributed by atoms with Gasteiger partial charge in [-0.2, -0.15) is 0 Å². The van der Waals surface area contributed by atoms with E-state index in [4.69, 9.17) is 14.2 Å². The van der Waals surface area contributed by atoms with Crippen LogP contribution in [0.4, 0.5) is 0 Å². The van der Waals surface area contributed by atoms with E-state index >= 15 is 0 Å². The monoisotopic (exact) mass is 250 g/mol. The largest absolute Gasteiger partial charge is 0.493 e. The van der Waals surface area contributed by atoms with Gasteiger partial charge in [-0.3, -0.25) is 4.79 Å². The molecule has 0 unspecified atom stereocenters. The Balaban J connectivity index is 2.77. The normalized spacial score (nSPS) is 10.4. The predicted octanol–water partition coefficient (Wildman–Crippen LogP) is 2.67. The van der Waals surface area contributed by atoms with Crippen molar-refractivity contribution in [1.29, 1.82) is 0 Å². The summed E-state index contributed by atoms with van der Waals surface area (Å²) in [6, 6.07) is 5.58. The van der Waals surface area contributed by atoms with Crippen molar-refractivity contribution < 1.29 is 19.0 Å². The van der Waals surface area contributed by atoms with Gasteiger partial charge in [-0.1, -0.05) is 24.3 Å². The third-order valence-electron chi connectivity index (χ3n) is 2.32. The van der Waals surface area contributed by atoms with E-state index in [1.165, 1.54) is 0 Å². The molecule has 0 atom stereocenters. The highest BCUT2D eigenvalue weighted by Gasteiger charge is 2.06. The molecule has 1 aromatic carbocycles. The van der Waals surface area contributed by atoms with Crippen molar-refractivity contribution in [2.45, 2.75) is 13.3 Å². The minimum atomic E-state index is -0.240. The Morgan fingerprint density at radius 2 is 2.06 bits per heavy atom. The van der Waals surface area contributed by atoms with Crippen LogP contribution in [0, 0.1) is 0 Å². The molecular formula is C14H18O4. The predicted molar refractivity (Wildman–Crippen MR) is 69.8 cm³/mol. The molecule has 4 nitrogen and oxygen atoms in total. The molecule has 18 heavy (non-hydrogen) atoms. The maximum atomic E-state index is 11.2. The Morgan fingerprint density at radius 1 is 1.28 bits per heavy atom. The number of ether oxygens (including phenoxy) is 3. The summed E-state index contributed by atoms with van der Waals surface area (Å²) in [7, 11) is 3.17. The summed E-state index contributed by atoms with van der Waals surface area (Å²) in [6.45, 7) is 2.18. The zero-order valence-electron chi connectivity index (χ0n) is 10.9. The molecule has 1 rings (SSSR count). The van der Waals surface area contributed by atoms with Crippen LogP contribution in [0.1, 0.15) is 18.9 Å². The molecule has 0 amide bonds. The molecule has 0 aliphatic heterocycles. The summed E-state index contributed by atoms with van der Waals surface area (Å²) in [5.74, 6) is 1.08. The van der Waals surface area contributed by atoms with E-state index in [-0.39, 0.29) is 12.4 Å². The number of methoxy groups -OCH3 is 2. The van der Waals surface area contributed by atoms with E-state index in [2.05, 4.69) is 0 Å². The molecular weight excluding hydrogens is 232 g/mol. The Morgan fingerprint density at radius 3 is 2.67 bits per heavy atom. The Bertz CT molecular complexity index is 424. The number of benzene rings is 1. The lowest BCUT2D eigenvalue weighted by Crippen LogP contribution is -2.01. The van der Waals surface area contributed by atoms with Crippen LogP contribution in [-0.4, -0.2) is 26.8 Å². The van der Waals surface area contributed by atoms with Crippen molar-refractivity contribution in [2.75, 3.05) is 20.8 Å². The molecule has 98 valence electrons. The number of carbonyl (C=O) groups excluding carboxylic acids is 1. The molecule has 0 bridgehead atoms. The highest BCUT2D eigenvalue weighted by molar-refractivity contribution is 5.73. The fourth-order valence-corrected chi connectivity index (χ4v) is 1.55. The minimum absolute atomic E-state index is 0.240. The topological polar surface area (TPSA) is 44.8 Å². The maximum Gasteiger partial charge on any atom is 0.309 e. The van der Waals surface area contributed by atoms with Crippen LogP contribution in [0.15, 0.2) is 24.3 Å². The smallest absolute Gasteiger partial charge is 0.309 e. The lowest BCUT2D eigenvalue weighted by atomic mass is 10.1. The standard InChI is InChI=1S/C14H18O4/c1-4-18-13(15)10-6-8-11-7-5-9-12(16-2)14(11)17-3/h5-9H,4,10H2,1-3H3/b8-6-. The molecule has 0 saturated heterocycles. The van der Waals surface area contributed by atoms with Gasteiger partial charge >= 0.3 is 5.97 Å². The summed E-state index contributed by atoms with van der Waals surface area (Å²) in [5, 5.41) is 0. The number of hydrogen-bond acceptors (Lipinski definition) is 4. The molecule has 0 aliphatic carbocycles. The van der Waals surface area contributed by atoms with Gasteiger partial charge in [0.25, 0.3) is 0 Å². The molecule has 0 N–H and O–H groups in total. The fraction of sp³-hybridized carbons (Fsp3) is 0.357. The summed E-state index contributed by atoms with van der Waals surface area (Å²) in [4.78, 5) is 11.2. The van der Waals surface area contributed by atoms with Gasteiger partial charge in [0.05, 0.1) is 27.2 Å². The number of para-hydroxylation sites is 1. The van der Waals surface area contributed by atoms with E-state index in [1.54, 1.807) is 27.2 Å². The molecule has 0 fully saturated rings. The highest BCUT2D eigenvalue weighted by atomic mass is 16.5. The first-order valence-electron chi connectivity index (χ1n) is 5.76. The average Bonchev–Trinajstić information content (AvgIpc) is 2.38. The van der Waals surface area contributed by atoms with Crippen molar-refractivity contribution >= 4 is 12.0 Å². The second-order valence-corrected chi connectivity index (χ2v) is 3.49. The zero-order valence-corrected chi connectivity index (χ0v) is 10.9. The molecule has 4 heteroatoms. The van der Waals surface area contributed by atoms with Crippen LogP contribution >= 0.6 is 0 Å². The molecule has 1 aromatic rings. The van der Waals surface area contributed by atoms with Crippen molar-refractivity contribution in [3.8, 4) is 11.5 Å². The van der Waals surface area contributed by atoms with Crippen molar-refractivity contribution in [1.82, 2.24) is 0 Å². The Hall–Kier alpha value is -1.97. The van der Waals surface area contributed by atoms with Crippen molar-refractivity contribution in [3.05, 3.63) is 29.8 Å². The lowest BCUT2D eigenvalue weighted by molar-refractivity contribution is -0.142. The number of esters is 1. The molecule has 0 radical (unpaired) electrons. The fourth-order valence-electron chi connectivity index (χ4n) is 1.55. The SMILES string of the molecule is CCOC(=O)C/C=C\c1cccc(OC)c1OC. The van der Waals surface area contributed by atoms with Gasteiger partial charge in [0, 0.05) is 5.56 Å². The van der Waals surface area contributed by atoms with Crippen LogP contribution in [0.25, 0.3) is 6.08 Å². The van der Waals surface area contributed by atoms with Crippen molar-refractivity contribution in [2.24, 2.45) is 0 Å². The summed E-state index contributed by atoms with van der Waals surface area (Å²) >= 11 is 0.